The van der Waals surface area contributed by atoms with Gasteiger partial charge in [-0.25, -0.2) is 4.98 Å². The molecule has 1 atom stereocenters. The van der Waals surface area contributed by atoms with E-state index in [1.54, 1.807) is 38.4 Å². The zero-order valence-electron chi connectivity index (χ0n) is 18.5. The molecule has 0 unspecified atom stereocenters. The van der Waals surface area contributed by atoms with Gasteiger partial charge < -0.3 is 9.80 Å². The van der Waals surface area contributed by atoms with E-state index in [-0.39, 0.29) is 24.4 Å². The van der Waals surface area contributed by atoms with E-state index in [0.717, 1.165) is 17.0 Å². The lowest BCUT2D eigenvalue weighted by Crippen LogP contribution is -2.46. The molecule has 1 aliphatic rings. The van der Waals surface area contributed by atoms with Crippen molar-refractivity contribution in [2.24, 2.45) is 0 Å². The molecule has 0 N–H and O–H groups in total. The van der Waals surface area contributed by atoms with Crippen molar-refractivity contribution in [3.05, 3.63) is 59.3 Å². The van der Waals surface area contributed by atoms with Crippen molar-refractivity contribution in [1.29, 1.82) is 0 Å². The Balaban J connectivity index is 2.00. The first-order valence-electron chi connectivity index (χ1n) is 10.2. The average Bonchev–Trinajstić information content (AvgIpc) is 3.12. The van der Waals surface area contributed by atoms with Gasteiger partial charge in [0.2, 0.25) is 11.8 Å². The third-order valence-electron chi connectivity index (χ3n) is 5.45. The molecule has 2 amide bonds. The van der Waals surface area contributed by atoms with Crippen LogP contribution >= 0.6 is 11.6 Å². The molecule has 2 aromatic rings. The second kappa shape index (κ2) is 9.43. The minimum absolute atomic E-state index is 0.0278. The minimum Gasteiger partial charge on any atom is -0.368 e. The molecule has 0 radical (unpaired) electrons. The van der Waals surface area contributed by atoms with Crippen LogP contribution in [0.15, 0.2) is 43.0 Å². The number of benzene rings is 1. The van der Waals surface area contributed by atoms with E-state index in [9.17, 15) is 22.8 Å². The highest BCUT2D eigenvalue weighted by molar-refractivity contribution is 6.34. The van der Waals surface area contributed by atoms with Crippen LogP contribution in [0, 0.1) is 6.92 Å². The van der Waals surface area contributed by atoms with E-state index in [1.807, 2.05) is 4.90 Å². The number of hydrogen-bond acceptors (Lipinski definition) is 4. The van der Waals surface area contributed by atoms with Crippen LogP contribution in [0.3, 0.4) is 0 Å². The third-order valence-corrected chi connectivity index (χ3v) is 5.76. The van der Waals surface area contributed by atoms with Gasteiger partial charge in [0.25, 0.3) is 0 Å². The number of anilines is 3. The van der Waals surface area contributed by atoms with Gasteiger partial charge in [-0.3, -0.25) is 14.5 Å². The lowest BCUT2D eigenvalue weighted by molar-refractivity contribution is -0.137. The fourth-order valence-electron chi connectivity index (χ4n) is 3.92. The largest absolute Gasteiger partial charge is 0.416 e. The molecule has 1 aromatic carbocycles. The first kappa shape index (κ1) is 24.6. The number of nitrogens with zero attached hydrogens (tertiary/aromatic N) is 4. The van der Waals surface area contributed by atoms with Gasteiger partial charge in [-0.05, 0) is 37.6 Å². The van der Waals surface area contributed by atoms with Crippen LogP contribution in [0.1, 0.15) is 24.1 Å². The molecule has 10 heteroatoms. The fourth-order valence-corrected chi connectivity index (χ4v) is 4.24. The molecule has 0 spiro atoms. The molecule has 3 rings (SSSR count). The van der Waals surface area contributed by atoms with Crippen LogP contribution in [0.5, 0.6) is 0 Å². The Labute approximate surface area is 195 Å². The predicted octanol–water partition coefficient (Wildman–Crippen LogP) is 4.84. The average molecular weight is 481 g/mol. The van der Waals surface area contributed by atoms with Gasteiger partial charge in [-0.2, -0.15) is 13.2 Å². The Morgan fingerprint density at radius 2 is 2.03 bits per heavy atom. The van der Waals surface area contributed by atoms with E-state index in [0.29, 0.717) is 22.9 Å². The van der Waals surface area contributed by atoms with Crippen molar-refractivity contribution in [1.82, 2.24) is 4.98 Å². The smallest absolute Gasteiger partial charge is 0.368 e. The molecule has 2 heterocycles. The van der Waals surface area contributed by atoms with E-state index < -0.39 is 29.6 Å². The molecule has 0 aliphatic carbocycles. The number of rotatable bonds is 6. The van der Waals surface area contributed by atoms with Gasteiger partial charge in [0.05, 0.1) is 22.0 Å². The lowest BCUT2D eigenvalue weighted by atomic mass is 10.1. The van der Waals surface area contributed by atoms with Crippen LogP contribution in [0.4, 0.5) is 30.4 Å². The van der Waals surface area contributed by atoms with Gasteiger partial charge in [0, 0.05) is 32.8 Å². The molecule has 1 aromatic heterocycles. The summed E-state index contributed by atoms with van der Waals surface area (Å²) in [5.74, 6) is -1.09. The van der Waals surface area contributed by atoms with E-state index in [2.05, 4.69) is 11.6 Å². The molecule has 33 heavy (non-hydrogen) atoms. The maximum absolute atomic E-state index is 13.5. The Hall–Kier alpha value is -3.07. The second-order valence-electron chi connectivity index (χ2n) is 7.85. The highest BCUT2D eigenvalue weighted by Crippen LogP contribution is 2.38. The number of likely N-dealkylation sites (N-methyl/N-ethyl adjacent to an activating group) is 2. The maximum Gasteiger partial charge on any atom is 0.416 e. The van der Waals surface area contributed by atoms with Crippen molar-refractivity contribution >= 4 is 40.6 Å². The molecule has 0 bridgehead atoms. The number of carbonyl (C=O) groups excluding carboxylic acids is 2. The van der Waals surface area contributed by atoms with Crippen molar-refractivity contribution in [2.45, 2.75) is 32.0 Å². The van der Waals surface area contributed by atoms with Crippen molar-refractivity contribution in [2.75, 3.05) is 35.3 Å². The number of aryl methyl sites for hydroxylation is 1. The van der Waals surface area contributed by atoms with Crippen molar-refractivity contribution < 1.29 is 22.8 Å². The zero-order chi connectivity index (χ0) is 24.5. The van der Waals surface area contributed by atoms with Crippen LogP contribution in [-0.2, 0) is 15.8 Å². The maximum atomic E-state index is 13.5. The summed E-state index contributed by atoms with van der Waals surface area (Å²) in [6.45, 7) is 5.60. The Bertz CT molecular complexity index is 1090. The summed E-state index contributed by atoms with van der Waals surface area (Å²) in [5, 5.41) is 0.422. The standard InChI is InChI=1S/C23H24ClF3N4O2/c1-5-11-29(3)21-16(24)7-6-8-17(21)30(4)22(33)18-9-10-20(32)31(18)19-13-15(23(25,26)27)12-14(2)28-19/h5-8,12-13,18H,1,9-11H2,2-4H3/t18-/m0/s1. The molecule has 176 valence electrons. The first-order valence-corrected chi connectivity index (χ1v) is 10.6. The Kier molecular flexibility index (Phi) is 7.02. The summed E-state index contributed by atoms with van der Waals surface area (Å²) in [7, 11) is 3.34. The molecular weight excluding hydrogens is 457 g/mol. The zero-order valence-corrected chi connectivity index (χ0v) is 19.2. The van der Waals surface area contributed by atoms with Crippen molar-refractivity contribution in [3.8, 4) is 0 Å². The summed E-state index contributed by atoms with van der Waals surface area (Å²) in [6, 6.07) is 5.82. The number of pyridine rings is 1. The molecule has 1 fully saturated rings. The molecule has 0 saturated carbocycles. The molecule has 1 aliphatic heterocycles. The lowest BCUT2D eigenvalue weighted by Gasteiger charge is -2.31. The van der Waals surface area contributed by atoms with E-state index in [4.69, 9.17) is 11.6 Å². The van der Waals surface area contributed by atoms with Crippen LogP contribution in [0.2, 0.25) is 5.02 Å². The Morgan fingerprint density at radius 3 is 2.67 bits per heavy atom. The number of halogens is 4. The summed E-state index contributed by atoms with van der Waals surface area (Å²) >= 11 is 6.40. The predicted molar refractivity (Wildman–Crippen MR) is 123 cm³/mol. The second-order valence-corrected chi connectivity index (χ2v) is 8.25. The number of hydrogen-bond donors (Lipinski definition) is 0. The monoisotopic (exact) mass is 480 g/mol. The van der Waals surface area contributed by atoms with Gasteiger partial charge in [0.15, 0.2) is 0 Å². The van der Waals surface area contributed by atoms with E-state index >= 15 is 0 Å². The Morgan fingerprint density at radius 1 is 1.33 bits per heavy atom. The van der Waals surface area contributed by atoms with Crippen LogP contribution < -0.4 is 14.7 Å². The van der Waals surface area contributed by atoms with Gasteiger partial charge in [-0.15, -0.1) is 6.58 Å². The number of amides is 2. The SMILES string of the molecule is C=CCN(C)c1c(Cl)cccc1N(C)C(=O)[C@@H]1CCC(=O)N1c1cc(C(F)(F)F)cc(C)n1. The normalized spacial score (nSPS) is 16.2. The number of aromatic nitrogens is 1. The molecular formula is C23H24ClF3N4O2. The minimum atomic E-state index is -4.60. The van der Waals surface area contributed by atoms with Crippen LogP contribution in [-0.4, -0.2) is 43.5 Å². The number of carbonyl (C=O) groups is 2. The number of alkyl halides is 3. The van der Waals surface area contributed by atoms with Gasteiger partial charge in [-0.1, -0.05) is 23.7 Å². The first-order chi connectivity index (χ1) is 15.5. The summed E-state index contributed by atoms with van der Waals surface area (Å²) in [5.41, 5.74) is 0.276. The van der Waals surface area contributed by atoms with E-state index in [1.165, 1.54) is 11.8 Å². The van der Waals surface area contributed by atoms with Gasteiger partial charge in [0.1, 0.15) is 11.9 Å². The summed E-state index contributed by atoms with van der Waals surface area (Å²) in [6.07, 6.45) is -2.72. The number of para-hydroxylation sites is 1. The topological polar surface area (TPSA) is 56.8 Å². The quantitative estimate of drug-likeness (QED) is 0.555. The fraction of sp³-hybridized carbons (Fsp3) is 0.348. The highest BCUT2D eigenvalue weighted by atomic mass is 35.5. The van der Waals surface area contributed by atoms with Crippen molar-refractivity contribution in [3.63, 3.8) is 0 Å². The summed E-state index contributed by atoms with van der Waals surface area (Å²) < 4.78 is 40.0. The summed E-state index contributed by atoms with van der Waals surface area (Å²) in [4.78, 5) is 34.5. The molecule has 6 nitrogen and oxygen atoms in total. The molecule has 1 saturated heterocycles. The van der Waals surface area contributed by atoms with Crippen LogP contribution in [0.25, 0.3) is 0 Å². The van der Waals surface area contributed by atoms with Gasteiger partial charge >= 0.3 is 6.18 Å². The highest BCUT2D eigenvalue weighted by Gasteiger charge is 2.41. The third kappa shape index (κ3) is 4.98.